The molecule has 19 heavy (non-hydrogen) atoms. The minimum atomic E-state index is -0.00640. The molecule has 106 valence electrons. The molecule has 1 amide bonds. The molecule has 0 saturated carbocycles. The van der Waals surface area contributed by atoms with Crippen LogP contribution in [0.5, 0.6) is 0 Å². The van der Waals surface area contributed by atoms with E-state index in [1.54, 1.807) is 0 Å². The van der Waals surface area contributed by atoms with Gasteiger partial charge >= 0.3 is 0 Å². The summed E-state index contributed by atoms with van der Waals surface area (Å²) in [6.07, 6.45) is 2.36. The predicted octanol–water partition coefficient (Wildman–Crippen LogP) is 3.59. The van der Waals surface area contributed by atoms with Crippen LogP contribution < -0.4 is 10.6 Å². The van der Waals surface area contributed by atoms with Crippen molar-refractivity contribution in [1.29, 1.82) is 0 Å². The van der Waals surface area contributed by atoms with Gasteiger partial charge in [-0.2, -0.15) is 0 Å². The molecule has 0 fully saturated rings. The van der Waals surface area contributed by atoms with Gasteiger partial charge in [-0.25, -0.2) is 0 Å². The molecule has 0 aromatic heterocycles. The highest BCUT2D eigenvalue weighted by atomic mass is 16.1. The van der Waals surface area contributed by atoms with Crippen molar-refractivity contribution in [3.8, 4) is 0 Å². The van der Waals surface area contributed by atoms with E-state index in [0.29, 0.717) is 12.5 Å². The molecule has 1 aromatic carbocycles. The lowest BCUT2D eigenvalue weighted by Crippen LogP contribution is -2.23. The maximum Gasteiger partial charge on any atom is 0.251 e. The molecular weight excluding hydrogens is 236 g/mol. The summed E-state index contributed by atoms with van der Waals surface area (Å²) in [7, 11) is 0. The van der Waals surface area contributed by atoms with Gasteiger partial charge in [0.15, 0.2) is 0 Å². The van der Waals surface area contributed by atoms with Crippen molar-refractivity contribution in [3.05, 3.63) is 29.3 Å². The zero-order chi connectivity index (χ0) is 14.3. The third-order valence-corrected chi connectivity index (χ3v) is 3.57. The molecule has 0 bridgehead atoms. The van der Waals surface area contributed by atoms with Crippen LogP contribution >= 0.6 is 0 Å². The van der Waals surface area contributed by atoms with E-state index in [9.17, 15) is 4.79 Å². The Hall–Kier alpha value is -1.51. The van der Waals surface area contributed by atoms with Crippen LogP contribution in [0.4, 0.5) is 5.69 Å². The highest BCUT2D eigenvalue weighted by Crippen LogP contribution is 2.18. The van der Waals surface area contributed by atoms with E-state index in [1.165, 1.54) is 18.4 Å². The lowest BCUT2D eigenvalue weighted by molar-refractivity contribution is 0.0956. The maximum absolute atomic E-state index is 11.8. The first kappa shape index (κ1) is 15.5. The molecule has 0 aliphatic carbocycles. The smallest absolute Gasteiger partial charge is 0.251 e. The summed E-state index contributed by atoms with van der Waals surface area (Å²) < 4.78 is 0. The van der Waals surface area contributed by atoms with Crippen LogP contribution in [-0.4, -0.2) is 19.0 Å². The number of nitrogens with one attached hydrogen (secondary N) is 2. The van der Waals surface area contributed by atoms with Gasteiger partial charge in [-0.3, -0.25) is 4.79 Å². The summed E-state index contributed by atoms with van der Waals surface area (Å²) in [5.74, 6) is 0.681. The monoisotopic (exact) mass is 262 g/mol. The normalized spacial score (nSPS) is 10.6. The fourth-order valence-electron chi connectivity index (χ4n) is 2.05. The molecule has 1 rings (SSSR count). The molecule has 0 saturated heterocycles. The quantitative estimate of drug-likeness (QED) is 0.788. The molecule has 3 heteroatoms. The number of anilines is 1. The van der Waals surface area contributed by atoms with Gasteiger partial charge in [0.1, 0.15) is 0 Å². The van der Waals surface area contributed by atoms with Crippen molar-refractivity contribution in [1.82, 2.24) is 5.32 Å². The van der Waals surface area contributed by atoms with E-state index in [2.05, 4.69) is 31.4 Å². The lowest BCUT2D eigenvalue weighted by Gasteiger charge is -2.16. The minimum absolute atomic E-state index is 0.00640. The van der Waals surface area contributed by atoms with E-state index in [-0.39, 0.29) is 5.91 Å². The van der Waals surface area contributed by atoms with E-state index in [0.717, 1.165) is 17.8 Å². The van der Waals surface area contributed by atoms with E-state index < -0.39 is 0 Å². The summed E-state index contributed by atoms with van der Waals surface area (Å²) in [4.78, 5) is 11.8. The van der Waals surface area contributed by atoms with Crippen LogP contribution in [0.3, 0.4) is 0 Å². The first-order chi connectivity index (χ1) is 9.12. The lowest BCUT2D eigenvalue weighted by atomic mass is 10.0. The Morgan fingerprint density at radius 1 is 1.21 bits per heavy atom. The van der Waals surface area contributed by atoms with Gasteiger partial charge in [0.05, 0.1) is 0 Å². The molecule has 3 nitrogen and oxygen atoms in total. The highest BCUT2D eigenvalue weighted by molar-refractivity contribution is 5.95. The van der Waals surface area contributed by atoms with Crippen molar-refractivity contribution in [2.24, 2.45) is 5.92 Å². The topological polar surface area (TPSA) is 41.1 Å². The Kier molecular flexibility index (Phi) is 6.40. The molecule has 0 spiro atoms. The summed E-state index contributed by atoms with van der Waals surface area (Å²) in [6, 6.07) is 5.82. The Balaban J connectivity index is 2.77. The van der Waals surface area contributed by atoms with Crippen molar-refractivity contribution in [3.63, 3.8) is 0 Å². The fourth-order valence-corrected chi connectivity index (χ4v) is 2.05. The van der Waals surface area contributed by atoms with Crippen molar-refractivity contribution in [2.75, 3.05) is 18.4 Å². The van der Waals surface area contributed by atoms with E-state index >= 15 is 0 Å². The number of aryl methyl sites for hydroxylation is 1. The average molecular weight is 262 g/mol. The van der Waals surface area contributed by atoms with Gasteiger partial charge in [-0.1, -0.05) is 32.8 Å². The van der Waals surface area contributed by atoms with Crippen molar-refractivity contribution in [2.45, 2.75) is 40.5 Å². The third kappa shape index (κ3) is 4.58. The van der Waals surface area contributed by atoms with Crippen molar-refractivity contribution >= 4 is 11.6 Å². The number of benzene rings is 1. The summed E-state index contributed by atoms with van der Waals surface area (Å²) in [6.45, 7) is 10.0. The minimum Gasteiger partial charge on any atom is -0.385 e. The molecule has 1 aromatic rings. The van der Waals surface area contributed by atoms with Crippen molar-refractivity contribution < 1.29 is 4.79 Å². The van der Waals surface area contributed by atoms with Crippen LogP contribution in [0, 0.1) is 12.8 Å². The van der Waals surface area contributed by atoms with Crippen LogP contribution in [0.25, 0.3) is 0 Å². The number of hydrogen-bond donors (Lipinski definition) is 2. The van der Waals surface area contributed by atoms with Gasteiger partial charge in [-0.05, 0) is 37.5 Å². The van der Waals surface area contributed by atoms with Gasteiger partial charge in [0.2, 0.25) is 0 Å². The molecule has 2 N–H and O–H groups in total. The largest absolute Gasteiger partial charge is 0.385 e. The Morgan fingerprint density at radius 2 is 1.89 bits per heavy atom. The Bertz CT molecular complexity index is 411. The zero-order valence-corrected chi connectivity index (χ0v) is 12.5. The summed E-state index contributed by atoms with van der Waals surface area (Å²) >= 11 is 0. The molecule has 0 aliphatic heterocycles. The number of carbonyl (C=O) groups excluding carboxylic acids is 1. The highest BCUT2D eigenvalue weighted by Gasteiger charge is 2.08. The maximum atomic E-state index is 11.8. The van der Waals surface area contributed by atoms with Crippen LogP contribution in [-0.2, 0) is 0 Å². The second kappa shape index (κ2) is 7.82. The molecule has 0 heterocycles. The second-order valence-corrected chi connectivity index (χ2v) is 4.95. The molecule has 0 unspecified atom stereocenters. The third-order valence-electron chi connectivity index (χ3n) is 3.57. The molecule has 0 radical (unpaired) electrons. The summed E-state index contributed by atoms with van der Waals surface area (Å²) in [5, 5.41) is 6.30. The Morgan fingerprint density at radius 3 is 2.47 bits per heavy atom. The molecule has 0 atom stereocenters. The van der Waals surface area contributed by atoms with Crippen LogP contribution in [0.1, 0.15) is 49.5 Å². The number of rotatable bonds is 7. The van der Waals surface area contributed by atoms with Crippen LogP contribution in [0.2, 0.25) is 0 Å². The van der Waals surface area contributed by atoms with Gasteiger partial charge in [-0.15, -0.1) is 0 Å². The predicted molar refractivity (Wildman–Crippen MR) is 81.7 cm³/mol. The second-order valence-electron chi connectivity index (χ2n) is 4.95. The number of hydrogen-bond acceptors (Lipinski definition) is 2. The molecular formula is C16H26N2O. The van der Waals surface area contributed by atoms with Gasteiger partial charge in [0, 0.05) is 24.3 Å². The van der Waals surface area contributed by atoms with Gasteiger partial charge in [0.25, 0.3) is 5.91 Å². The zero-order valence-electron chi connectivity index (χ0n) is 12.5. The average Bonchev–Trinajstić information content (AvgIpc) is 2.42. The number of amides is 1. The standard InChI is InChI=1S/C16H26N2O/c1-5-13(6-2)11-18-15-10-14(9-8-12(15)4)16(19)17-7-3/h8-10,13,18H,5-7,11H2,1-4H3,(H,17,19). The first-order valence-electron chi connectivity index (χ1n) is 7.25. The van der Waals surface area contributed by atoms with Crippen LogP contribution in [0.15, 0.2) is 18.2 Å². The number of carbonyl (C=O) groups is 1. The summed E-state index contributed by atoms with van der Waals surface area (Å²) in [5.41, 5.74) is 2.97. The fraction of sp³-hybridized carbons (Fsp3) is 0.562. The first-order valence-corrected chi connectivity index (χ1v) is 7.25. The van der Waals surface area contributed by atoms with E-state index in [4.69, 9.17) is 0 Å². The molecule has 0 aliphatic rings. The van der Waals surface area contributed by atoms with E-state index in [1.807, 2.05) is 25.1 Å². The SMILES string of the molecule is CCNC(=O)c1ccc(C)c(NCC(CC)CC)c1. The Labute approximate surface area is 116 Å². The van der Waals surface area contributed by atoms with Gasteiger partial charge < -0.3 is 10.6 Å².